The standard InChI is InChI=1S/C14H11BrF3NO2S/c15-11-8-4-5-9-12(11)22(20,21)19-13(14(16,17)18)10-6-2-1-3-7-10/h1-9,13,19H/t13-/m0/s1. The molecule has 0 aliphatic rings. The highest BCUT2D eigenvalue weighted by atomic mass is 79.9. The maximum absolute atomic E-state index is 13.2. The Morgan fingerprint density at radius 1 is 0.955 bits per heavy atom. The molecule has 0 bridgehead atoms. The smallest absolute Gasteiger partial charge is 0.207 e. The maximum atomic E-state index is 13.2. The summed E-state index contributed by atoms with van der Waals surface area (Å²) in [7, 11) is -4.34. The van der Waals surface area contributed by atoms with Gasteiger partial charge in [-0.2, -0.15) is 17.9 Å². The van der Waals surface area contributed by atoms with Crippen molar-refractivity contribution in [2.24, 2.45) is 0 Å². The Bertz CT molecular complexity index is 748. The van der Waals surface area contributed by atoms with Crippen LogP contribution < -0.4 is 4.72 Å². The van der Waals surface area contributed by atoms with Gasteiger partial charge < -0.3 is 0 Å². The van der Waals surface area contributed by atoms with Gasteiger partial charge >= 0.3 is 6.18 Å². The molecule has 1 N–H and O–H groups in total. The van der Waals surface area contributed by atoms with E-state index in [2.05, 4.69) is 15.9 Å². The minimum absolute atomic E-state index is 0.175. The Hall–Kier alpha value is -1.38. The van der Waals surface area contributed by atoms with Crippen LogP contribution >= 0.6 is 15.9 Å². The number of rotatable bonds is 4. The lowest BCUT2D eigenvalue weighted by molar-refractivity contribution is -0.153. The molecule has 2 aromatic carbocycles. The molecule has 22 heavy (non-hydrogen) atoms. The van der Waals surface area contributed by atoms with Crippen LogP contribution in [-0.2, 0) is 10.0 Å². The molecule has 0 spiro atoms. The van der Waals surface area contributed by atoms with Crippen molar-refractivity contribution in [1.29, 1.82) is 0 Å². The zero-order valence-electron chi connectivity index (χ0n) is 11.0. The summed E-state index contributed by atoms with van der Waals surface area (Å²) >= 11 is 3.03. The summed E-state index contributed by atoms with van der Waals surface area (Å²) in [6.45, 7) is 0. The Morgan fingerprint density at radius 3 is 2.05 bits per heavy atom. The Labute approximate surface area is 134 Å². The molecule has 1 atom stereocenters. The summed E-state index contributed by atoms with van der Waals surface area (Å²) in [6, 6.07) is 10.2. The zero-order chi connectivity index (χ0) is 16.4. The van der Waals surface area contributed by atoms with Crippen LogP contribution in [0.5, 0.6) is 0 Å². The van der Waals surface area contributed by atoms with Crippen molar-refractivity contribution in [2.45, 2.75) is 17.1 Å². The summed E-state index contributed by atoms with van der Waals surface area (Å²) in [6.07, 6.45) is -4.75. The Kier molecular flexibility index (Phi) is 4.93. The Morgan fingerprint density at radius 2 is 1.50 bits per heavy atom. The van der Waals surface area contributed by atoms with Crippen LogP contribution in [0.2, 0.25) is 0 Å². The first-order valence-electron chi connectivity index (χ1n) is 6.10. The average Bonchev–Trinajstić information content (AvgIpc) is 2.45. The number of nitrogens with one attached hydrogen (secondary N) is 1. The summed E-state index contributed by atoms with van der Waals surface area (Å²) in [5, 5.41) is 0. The van der Waals surface area contributed by atoms with Gasteiger partial charge in [-0.15, -0.1) is 0 Å². The largest absolute Gasteiger partial charge is 0.408 e. The predicted molar refractivity (Wildman–Crippen MR) is 79.7 cm³/mol. The second-order valence-corrected chi connectivity index (χ2v) is 6.97. The molecular formula is C14H11BrF3NO2S. The van der Waals surface area contributed by atoms with Crippen molar-refractivity contribution >= 4 is 26.0 Å². The quantitative estimate of drug-likeness (QED) is 0.851. The van der Waals surface area contributed by atoms with E-state index < -0.39 is 22.2 Å². The van der Waals surface area contributed by atoms with E-state index in [1.165, 1.54) is 42.5 Å². The third-order valence-electron chi connectivity index (χ3n) is 2.86. The molecule has 2 rings (SSSR count). The second-order valence-electron chi connectivity index (χ2n) is 4.44. The van der Waals surface area contributed by atoms with Crippen molar-refractivity contribution in [2.75, 3.05) is 0 Å². The molecule has 0 aliphatic carbocycles. The molecule has 0 fully saturated rings. The van der Waals surface area contributed by atoms with E-state index in [4.69, 9.17) is 0 Å². The molecule has 0 amide bonds. The molecule has 0 unspecified atom stereocenters. The third-order valence-corrected chi connectivity index (χ3v) is 5.29. The molecular weight excluding hydrogens is 383 g/mol. The lowest BCUT2D eigenvalue weighted by atomic mass is 10.1. The van der Waals surface area contributed by atoms with Gasteiger partial charge in [-0.05, 0) is 33.6 Å². The molecule has 0 heterocycles. The van der Waals surface area contributed by atoms with Gasteiger partial charge in [-0.3, -0.25) is 0 Å². The molecule has 0 radical (unpaired) electrons. The van der Waals surface area contributed by atoms with E-state index in [0.717, 1.165) is 0 Å². The molecule has 0 saturated carbocycles. The van der Waals surface area contributed by atoms with Crippen molar-refractivity contribution in [1.82, 2.24) is 4.72 Å². The Balaban J connectivity index is 2.42. The second kappa shape index (κ2) is 6.39. The first-order chi connectivity index (χ1) is 10.2. The van der Waals surface area contributed by atoms with Gasteiger partial charge in [0.05, 0.1) is 4.90 Å². The van der Waals surface area contributed by atoms with E-state index in [-0.39, 0.29) is 14.9 Å². The fraction of sp³-hybridized carbons (Fsp3) is 0.143. The van der Waals surface area contributed by atoms with Crippen LogP contribution in [0.4, 0.5) is 13.2 Å². The van der Waals surface area contributed by atoms with Gasteiger partial charge in [0.25, 0.3) is 0 Å². The number of halogens is 4. The maximum Gasteiger partial charge on any atom is 0.408 e. The van der Waals surface area contributed by atoms with Crippen LogP contribution in [0.25, 0.3) is 0 Å². The van der Waals surface area contributed by atoms with Crippen molar-refractivity contribution < 1.29 is 21.6 Å². The van der Waals surface area contributed by atoms with E-state index in [9.17, 15) is 21.6 Å². The monoisotopic (exact) mass is 393 g/mol. The van der Waals surface area contributed by atoms with E-state index in [1.807, 2.05) is 0 Å². The fourth-order valence-electron chi connectivity index (χ4n) is 1.85. The van der Waals surface area contributed by atoms with Crippen molar-refractivity contribution in [3.8, 4) is 0 Å². The highest BCUT2D eigenvalue weighted by Gasteiger charge is 2.43. The molecule has 8 heteroatoms. The molecule has 118 valence electrons. The zero-order valence-corrected chi connectivity index (χ0v) is 13.4. The van der Waals surface area contributed by atoms with E-state index in [1.54, 1.807) is 16.9 Å². The third kappa shape index (κ3) is 3.88. The molecule has 0 aromatic heterocycles. The lowest BCUT2D eigenvalue weighted by Gasteiger charge is -2.22. The highest BCUT2D eigenvalue weighted by molar-refractivity contribution is 9.10. The fourth-order valence-corrected chi connectivity index (χ4v) is 4.06. The van der Waals surface area contributed by atoms with Gasteiger partial charge in [-0.25, -0.2) is 8.42 Å². The topological polar surface area (TPSA) is 46.2 Å². The van der Waals surface area contributed by atoms with E-state index >= 15 is 0 Å². The normalized spacial score (nSPS) is 13.8. The number of sulfonamides is 1. The van der Waals surface area contributed by atoms with Crippen LogP contribution in [0.15, 0.2) is 64.0 Å². The van der Waals surface area contributed by atoms with Crippen LogP contribution in [-0.4, -0.2) is 14.6 Å². The SMILES string of the molecule is O=S(=O)(N[C@@H](c1ccccc1)C(F)(F)F)c1ccccc1Br. The number of benzene rings is 2. The summed E-state index contributed by atoms with van der Waals surface area (Å²) < 4.78 is 66.0. The minimum Gasteiger partial charge on any atom is -0.207 e. The molecule has 0 saturated heterocycles. The summed E-state index contributed by atoms with van der Waals surface area (Å²) in [4.78, 5) is -0.250. The first kappa shape index (κ1) is 17.0. The summed E-state index contributed by atoms with van der Waals surface area (Å²) in [5.41, 5.74) is -0.175. The molecule has 3 nitrogen and oxygen atoms in total. The number of alkyl halides is 3. The minimum atomic E-state index is -4.75. The summed E-state index contributed by atoms with van der Waals surface area (Å²) in [5.74, 6) is 0. The van der Waals surface area contributed by atoms with Gasteiger partial charge in [0.15, 0.2) is 0 Å². The van der Waals surface area contributed by atoms with Gasteiger partial charge in [-0.1, -0.05) is 42.5 Å². The van der Waals surface area contributed by atoms with Crippen molar-refractivity contribution in [3.63, 3.8) is 0 Å². The molecule has 0 aliphatic heterocycles. The van der Waals surface area contributed by atoms with Crippen LogP contribution in [0.3, 0.4) is 0 Å². The number of hydrogen-bond acceptors (Lipinski definition) is 2. The number of hydrogen-bond donors (Lipinski definition) is 1. The average molecular weight is 394 g/mol. The lowest BCUT2D eigenvalue weighted by Crippen LogP contribution is -2.38. The first-order valence-corrected chi connectivity index (χ1v) is 8.38. The molecule has 2 aromatic rings. The van der Waals surface area contributed by atoms with Gasteiger partial charge in [0.2, 0.25) is 10.0 Å². The van der Waals surface area contributed by atoms with Crippen LogP contribution in [0.1, 0.15) is 11.6 Å². The van der Waals surface area contributed by atoms with Gasteiger partial charge in [0.1, 0.15) is 6.04 Å². The van der Waals surface area contributed by atoms with Gasteiger partial charge in [0, 0.05) is 4.47 Å². The van der Waals surface area contributed by atoms with E-state index in [0.29, 0.717) is 0 Å². The van der Waals surface area contributed by atoms with Crippen molar-refractivity contribution in [3.05, 3.63) is 64.6 Å². The highest BCUT2D eigenvalue weighted by Crippen LogP contribution is 2.34. The predicted octanol–water partition coefficient (Wildman–Crippen LogP) is 4.03. The van der Waals surface area contributed by atoms with Crippen LogP contribution in [0, 0.1) is 0 Å².